The lowest BCUT2D eigenvalue weighted by atomic mass is 28.5. The normalized spacial score (nSPS) is 16.3. The van der Waals surface area contributed by atoms with Crippen LogP contribution in [0.4, 0.5) is 0 Å². The van der Waals surface area contributed by atoms with Crippen LogP contribution in [-0.2, 0) is 8.87 Å². The molecule has 0 fully saturated rings. The van der Waals surface area contributed by atoms with E-state index < -0.39 is 0 Å². The molecule has 0 spiro atoms. The van der Waals surface area contributed by atoms with Gasteiger partial charge < -0.3 is 0 Å². The summed E-state index contributed by atoms with van der Waals surface area (Å²) in [4.78, 5) is 0. The van der Waals surface area contributed by atoms with Gasteiger partial charge in [-0.1, -0.05) is 7.96 Å². The standard InChI is InChI=1S/H72P70S/c1-36-56(39(2)3)67(62(46(16)17)47(18)19)58(61(44(12)13)45(14)15)38-71(37-57(59(40(4)5)41(6)7)60(42(8)9)43(10)11)70(68(63(48(20)21)49(22)23)64(50(24)25)51(26)27)69(65(52(28)29)53(30)31)66(54(32)33)55(34)35/h36,71H,1-35H2. The second-order valence-electron chi connectivity index (χ2n) is 11.1. The highest BCUT2D eigenvalue weighted by Crippen LogP contribution is 3.39. The van der Waals surface area contributed by atoms with E-state index in [9.17, 15) is 0 Å². The molecular formula is H72P70S. The van der Waals surface area contributed by atoms with Crippen LogP contribution in [0.3, 0.4) is 0 Å². The van der Waals surface area contributed by atoms with E-state index in [1.165, 1.54) is 0 Å². The zero-order valence-electron chi connectivity index (χ0n) is 36.4. The van der Waals surface area contributed by atoms with Gasteiger partial charge in [-0.2, -0.15) is 0 Å². The maximum absolute atomic E-state index is 3.59. The molecule has 0 nitrogen and oxygen atoms in total. The first-order valence-corrected chi connectivity index (χ1v) is 145. The summed E-state index contributed by atoms with van der Waals surface area (Å²) in [5.41, 5.74) is 0. The fourth-order valence-electron chi connectivity index (χ4n) is 4.03. The molecule has 0 saturated carbocycles. The first-order valence-electron chi connectivity index (χ1n) is 16.1. The van der Waals surface area contributed by atoms with Gasteiger partial charge in [0.05, 0.1) is 0 Å². The van der Waals surface area contributed by atoms with Crippen LogP contribution in [0.2, 0.25) is 0 Å². The molecule has 71 heteroatoms. The highest BCUT2D eigenvalue weighted by Gasteiger charge is 2.53. The van der Waals surface area contributed by atoms with Gasteiger partial charge in [0, 0.05) is 41.4 Å². The van der Waals surface area contributed by atoms with E-state index >= 15 is 0 Å². The molecule has 428 valence electrons. The summed E-state index contributed by atoms with van der Waals surface area (Å²) >= 11 is 0. The molecule has 0 bridgehead atoms. The average Bonchev–Trinajstić information content (AvgIpc) is 3.14. The predicted molar refractivity (Wildman–Crippen MR) is 592 cm³/mol. The lowest BCUT2D eigenvalue weighted by molar-refractivity contribution is 4.42. The van der Waals surface area contributed by atoms with E-state index in [1.54, 1.807) is 0 Å². The van der Waals surface area contributed by atoms with Crippen molar-refractivity contribution in [1.29, 1.82) is 0 Å². The number of hydrogen-bond donors (Lipinski definition) is 1. The van der Waals surface area contributed by atoms with Gasteiger partial charge in [0.2, 0.25) is 0 Å². The van der Waals surface area contributed by atoms with Crippen molar-refractivity contribution in [3.63, 3.8) is 0 Å². The summed E-state index contributed by atoms with van der Waals surface area (Å²) in [7, 11) is 129. The first kappa shape index (κ1) is 101. The zero-order valence-corrected chi connectivity index (χ0v) is 109. The molecule has 0 rings (SSSR count). The molecule has 0 N–H and O–H groups in total. The Labute approximate surface area is 557 Å². The van der Waals surface area contributed by atoms with E-state index in [0.29, 0.717) is 0 Å². The van der Waals surface area contributed by atoms with Crippen molar-refractivity contribution in [2.24, 2.45) is 0 Å². The van der Waals surface area contributed by atoms with Crippen molar-refractivity contribution >= 4 is 567 Å². The Kier molecular flexibility index (Phi) is 80.4. The summed E-state index contributed by atoms with van der Waals surface area (Å²) in [5, 5.41) is 0. The summed E-state index contributed by atoms with van der Waals surface area (Å²) in [6, 6.07) is 0. The maximum Gasteiger partial charge on any atom is 0.0233 e. The maximum atomic E-state index is 3.59. The van der Waals surface area contributed by atoms with E-state index in [2.05, 4.69) is 320 Å². The van der Waals surface area contributed by atoms with Gasteiger partial charge in [-0.25, -0.2) is 0 Å². The number of rotatable bonds is 33. The Morgan fingerprint density at radius 3 is 0.535 bits per heavy atom. The van der Waals surface area contributed by atoms with Gasteiger partial charge in [-0.3, -0.25) is 0 Å². The molecule has 0 aliphatic carbocycles. The summed E-state index contributed by atoms with van der Waals surface area (Å²) in [6.45, 7) is -7.30. The van der Waals surface area contributed by atoms with Crippen LogP contribution >= 0.6 is 558 Å². The van der Waals surface area contributed by atoms with Crippen molar-refractivity contribution < 1.29 is 0 Å². The second-order valence-corrected chi connectivity index (χ2v) is 299. The first-order chi connectivity index (χ1) is 32.4. The Hall–Kier alpha value is 30.2. The molecule has 0 aliphatic heterocycles. The van der Waals surface area contributed by atoms with Gasteiger partial charge in [0.15, 0.2) is 0 Å². The van der Waals surface area contributed by atoms with Crippen molar-refractivity contribution in [2.45, 2.75) is 0 Å². The summed E-state index contributed by atoms with van der Waals surface area (Å²) < 4.78 is 0. The van der Waals surface area contributed by atoms with Gasteiger partial charge in [-0.05, 0) is 196 Å². The van der Waals surface area contributed by atoms with Gasteiger partial charge in [0.25, 0.3) is 0 Å². The molecule has 0 saturated heterocycles. The van der Waals surface area contributed by atoms with Crippen LogP contribution < -0.4 is 0 Å². The van der Waals surface area contributed by atoms with Gasteiger partial charge in [0.1, 0.15) is 0 Å². The van der Waals surface area contributed by atoms with Crippen molar-refractivity contribution in [2.75, 3.05) is 0 Å². The highest BCUT2D eigenvalue weighted by molar-refractivity contribution is 9.49. The molecule has 0 amide bonds. The molecule has 0 aliphatic rings. The van der Waals surface area contributed by atoms with Gasteiger partial charge in [-0.15, -0.1) is 321 Å². The molecule has 0 heterocycles. The molecule has 40 unspecified atom stereocenters. The molecule has 0 aromatic rings. The molecule has 71 heavy (non-hydrogen) atoms. The van der Waals surface area contributed by atoms with Crippen molar-refractivity contribution in [3.05, 3.63) is 0 Å². The minimum absolute atomic E-state index is 0.116. The Morgan fingerprint density at radius 2 is 0.380 bits per heavy atom. The molecule has 40 atom stereocenters. The van der Waals surface area contributed by atoms with E-state index in [1.807, 2.05) is 7.04 Å². The number of hydrogen-bond acceptors (Lipinski definition) is 0. The van der Waals surface area contributed by atoms with Crippen LogP contribution in [-0.4, -0.2) is 0 Å². The van der Waals surface area contributed by atoms with Crippen LogP contribution in [0.1, 0.15) is 0 Å². The number of thiol groups is 1. The minimum Gasteiger partial charge on any atom is -0.133 e. The van der Waals surface area contributed by atoms with E-state index in [0.717, 1.165) is 7.96 Å². The molecular weight excluding hydrogens is 2200 g/mol. The summed E-state index contributed by atoms with van der Waals surface area (Å²) in [6.07, 6.45) is 0. The monoisotopic (exact) mass is 2270 g/mol. The minimum atomic E-state index is -0.363. The largest absolute Gasteiger partial charge is 0.133 e. The van der Waals surface area contributed by atoms with Crippen molar-refractivity contribution in [3.8, 4) is 0 Å². The highest BCUT2D eigenvalue weighted by atomic mass is 33.6. The van der Waals surface area contributed by atoms with Gasteiger partial charge >= 0.3 is 0 Å². The average molecular weight is 2270 g/mol. The van der Waals surface area contributed by atoms with Crippen LogP contribution in [0.15, 0.2) is 0 Å². The predicted octanol–water partition coefficient (Wildman–Crippen LogP) is 41.0. The lowest BCUT2D eigenvalue weighted by Gasteiger charge is -2.53. The van der Waals surface area contributed by atoms with Crippen molar-refractivity contribution in [1.82, 2.24) is 0 Å². The zero-order chi connectivity index (χ0) is 56.2. The third-order valence-electron chi connectivity index (χ3n) is 6.05. The van der Waals surface area contributed by atoms with Crippen LogP contribution in [0.25, 0.3) is 0 Å². The third kappa shape index (κ3) is 37.6. The van der Waals surface area contributed by atoms with E-state index in [4.69, 9.17) is 0 Å². The van der Waals surface area contributed by atoms with Crippen LogP contribution in [0.5, 0.6) is 0 Å². The lowest BCUT2D eigenvalue weighted by Crippen LogP contribution is -1.71. The second kappa shape index (κ2) is 56.4. The SMILES string of the molecule is PPP(P(P)P)P(P(/P=[SH](=P\P(P(P(P)P)P(P)P)P(P(P)P)P(P)P)/P(P(P(P(P)P)P(P)P)P(P(P)P)P(P)P)P(P(P(P)P)P(P)P)P(P(P)P)P(P)P)P(P(P)P)P(P)P)P(P(P)P)P(P)P. The molecule has 0 aromatic heterocycles. The Bertz CT molecular complexity index is 1300. The fourth-order valence-corrected chi connectivity index (χ4v) is 979. The Balaban J connectivity index is 11.4. The quantitative estimate of drug-likeness (QED) is 0.0491. The Morgan fingerprint density at radius 1 is 0.211 bits per heavy atom. The fraction of sp³-hybridized carbons (Fsp3) is 0. The van der Waals surface area contributed by atoms with Crippen LogP contribution in [0, 0.1) is 0 Å². The molecule has 0 aromatic carbocycles. The topological polar surface area (TPSA) is 0 Å². The molecule has 0 radical (unpaired) electrons. The smallest absolute Gasteiger partial charge is 0.0233 e. The summed E-state index contributed by atoms with van der Waals surface area (Å²) in [5.74, 6) is 0. The van der Waals surface area contributed by atoms with E-state index in [-0.39, 0.29) is 232 Å². The third-order valence-corrected chi connectivity index (χ3v) is 490.